The molecule has 3 N–H and O–H groups in total. The van der Waals surface area contributed by atoms with Crippen molar-refractivity contribution in [1.29, 1.82) is 0 Å². The predicted octanol–water partition coefficient (Wildman–Crippen LogP) is 2.98. The average Bonchev–Trinajstić information content (AvgIpc) is 2.94. The fourth-order valence-corrected chi connectivity index (χ4v) is 4.48. The predicted molar refractivity (Wildman–Crippen MR) is 91.5 cm³/mol. The number of aliphatic hydroxyl groups is 1. The molecular weight excluding hydrogens is 288 g/mol. The van der Waals surface area contributed by atoms with Crippen LogP contribution < -0.4 is 0 Å². The van der Waals surface area contributed by atoms with E-state index in [-0.39, 0.29) is 12.5 Å². The summed E-state index contributed by atoms with van der Waals surface area (Å²) < 4.78 is 0. The molecule has 2 aromatic rings. The molecule has 1 aromatic heterocycles. The van der Waals surface area contributed by atoms with Crippen LogP contribution >= 0.6 is 0 Å². The number of nitrogens with zero attached hydrogens (tertiary/aromatic N) is 1. The highest BCUT2D eigenvalue weighted by Gasteiger charge is 2.37. The van der Waals surface area contributed by atoms with E-state index in [9.17, 15) is 10.2 Å². The number of aromatic hydroxyl groups is 1. The van der Waals surface area contributed by atoms with Gasteiger partial charge in [-0.1, -0.05) is 6.08 Å². The van der Waals surface area contributed by atoms with Crippen LogP contribution in [0.3, 0.4) is 0 Å². The number of hydrogen-bond acceptors (Lipinski definition) is 3. The zero-order chi connectivity index (χ0) is 16.0. The second kappa shape index (κ2) is 5.69. The van der Waals surface area contributed by atoms with Crippen LogP contribution in [0.5, 0.6) is 5.75 Å². The third-order valence-electron chi connectivity index (χ3n) is 5.78. The minimum atomic E-state index is 0.189. The van der Waals surface area contributed by atoms with E-state index in [0.717, 1.165) is 43.3 Å². The van der Waals surface area contributed by atoms with Gasteiger partial charge in [0.15, 0.2) is 0 Å². The van der Waals surface area contributed by atoms with Crippen LogP contribution in [-0.4, -0.2) is 39.8 Å². The molecule has 122 valence electrons. The zero-order valence-electron chi connectivity index (χ0n) is 13.3. The number of nitrogens with one attached hydrogen (secondary N) is 1. The lowest BCUT2D eigenvalue weighted by molar-refractivity contribution is 0.0704. The zero-order valence-corrected chi connectivity index (χ0v) is 13.3. The van der Waals surface area contributed by atoms with E-state index in [1.807, 2.05) is 18.2 Å². The Labute approximate surface area is 136 Å². The summed E-state index contributed by atoms with van der Waals surface area (Å²) in [6.45, 7) is 6.24. The van der Waals surface area contributed by atoms with Crippen molar-refractivity contribution >= 4 is 10.9 Å². The molecule has 4 rings (SSSR count). The maximum absolute atomic E-state index is 9.80. The maximum atomic E-state index is 9.80. The minimum Gasteiger partial charge on any atom is -0.508 e. The highest BCUT2D eigenvalue weighted by atomic mass is 16.3. The fourth-order valence-electron chi connectivity index (χ4n) is 4.48. The molecule has 2 aliphatic heterocycles. The van der Waals surface area contributed by atoms with E-state index in [2.05, 4.69) is 16.5 Å². The molecule has 4 nitrogen and oxygen atoms in total. The van der Waals surface area contributed by atoms with Gasteiger partial charge in [-0.2, -0.15) is 0 Å². The SMILES string of the molecule is C=CC(CO)C1CCN2CCc3c([nH]c4ccc(O)cc34)C2C1. The van der Waals surface area contributed by atoms with Gasteiger partial charge in [-0.3, -0.25) is 4.90 Å². The Morgan fingerprint density at radius 3 is 3.04 bits per heavy atom. The van der Waals surface area contributed by atoms with E-state index < -0.39 is 0 Å². The molecule has 1 fully saturated rings. The number of fused-ring (bicyclic) bond motifs is 5. The van der Waals surface area contributed by atoms with E-state index >= 15 is 0 Å². The lowest BCUT2D eigenvalue weighted by Crippen LogP contribution is -2.43. The molecule has 4 heteroatoms. The largest absolute Gasteiger partial charge is 0.508 e. The first-order valence-corrected chi connectivity index (χ1v) is 8.52. The lowest BCUT2D eigenvalue weighted by atomic mass is 9.78. The molecule has 1 saturated heterocycles. The van der Waals surface area contributed by atoms with Crippen LogP contribution in [0.2, 0.25) is 0 Å². The van der Waals surface area contributed by atoms with Gasteiger partial charge in [0.2, 0.25) is 0 Å². The fraction of sp³-hybridized carbons (Fsp3) is 0.474. The molecule has 2 aliphatic rings. The highest BCUT2D eigenvalue weighted by Crippen LogP contribution is 2.43. The molecule has 0 aliphatic carbocycles. The molecule has 3 heterocycles. The van der Waals surface area contributed by atoms with Gasteiger partial charge in [-0.05, 0) is 55.5 Å². The summed E-state index contributed by atoms with van der Waals surface area (Å²) >= 11 is 0. The molecule has 3 unspecified atom stereocenters. The number of phenolic OH excluding ortho intramolecular Hbond substituents is 1. The molecule has 0 bridgehead atoms. The van der Waals surface area contributed by atoms with Crippen LogP contribution in [0.25, 0.3) is 10.9 Å². The second-order valence-electron chi connectivity index (χ2n) is 6.92. The van der Waals surface area contributed by atoms with E-state index in [0.29, 0.717) is 17.7 Å². The van der Waals surface area contributed by atoms with Gasteiger partial charge in [-0.15, -0.1) is 6.58 Å². The molecule has 1 aromatic carbocycles. The first kappa shape index (κ1) is 14.8. The maximum Gasteiger partial charge on any atom is 0.116 e. The van der Waals surface area contributed by atoms with Crippen molar-refractivity contribution in [3.63, 3.8) is 0 Å². The summed E-state index contributed by atoms with van der Waals surface area (Å²) in [4.78, 5) is 6.16. The topological polar surface area (TPSA) is 59.5 Å². The quantitative estimate of drug-likeness (QED) is 0.764. The van der Waals surface area contributed by atoms with Crippen molar-refractivity contribution in [2.45, 2.75) is 25.3 Å². The van der Waals surface area contributed by atoms with Gasteiger partial charge in [0, 0.05) is 35.7 Å². The summed E-state index contributed by atoms with van der Waals surface area (Å²) in [5.74, 6) is 1.01. The van der Waals surface area contributed by atoms with Gasteiger partial charge in [0.05, 0.1) is 6.04 Å². The molecule has 3 atom stereocenters. The van der Waals surface area contributed by atoms with Crippen LogP contribution in [0.15, 0.2) is 30.9 Å². The van der Waals surface area contributed by atoms with Gasteiger partial charge in [0.25, 0.3) is 0 Å². The number of aromatic nitrogens is 1. The van der Waals surface area contributed by atoms with Crippen molar-refractivity contribution in [3.8, 4) is 5.75 Å². The van der Waals surface area contributed by atoms with Crippen LogP contribution in [0.1, 0.15) is 30.1 Å². The Morgan fingerprint density at radius 1 is 1.39 bits per heavy atom. The number of H-pyrrole nitrogens is 1. The Bertz CT molecular complexity index is 736. The van der Waals surface area contributed by atoms with Gasteiger partial charge < -0.3 is 15.2 Å². The van der Waals surface area contributed by atoms with Crippen molar-refractivity contribution < 1.29 is 10.2 Å². The van der Waals surface area contributed by atoms with Crippen molar-refractivity contribution in [2.75, 3.05) is 19.7 Å². The third-order valence-corrected chi connectivity index (χ3v) is 5.78. The smallest absolute Gasteiger partial charge is 0.116 e. The van der Waals surface area contributed by atoms with Crippen LogP contribution in [0, 0.1) is 11.8 Å². The molecule has 0 radical (unpaired) electrons. The van der Waals surface area contributed by atoms with E-state index in [4.69, 9.17) is 0 Å². The number of piperidine rings is 1. The van der Waals surface area contributed by atoms with Crippen molar-refractivity contribution in [2.24, 2.45) is 11.8 Å². The van der Waals surface area contributed by atoms with Crippen molar-refractivity contribution in [3.05, 3.63) is 42.1 Å². The Balaban J connectivity index is 1.72. The Morgan fingerprint density at radius 2 is 2.26 bits per heavy atom. The lowest BCUT2D eigenvalue weighted by Gasteiger charge is -2.43. The summed E-state index contributed by atoms with van der Waals surface area (Å²) in [6, 6.07) is 5.97. The van der Waals surface area contributed by atoms with Gasteiger partial charge >= 0.3 is 0 Å². The number of hydrogen-bond donors (Lipinski definition) is 3. The first-order chi connectivity index (χ1) is 11.2. The number of aliphatic hydroxyl groups excluding tert-OH is 1. The summed E-state index contributed by atoms with van der Waals surface area (Å²) in [5, 5.41) is 20.5. The highest BCUT2D eigenvalue weighted by molar-refractivity contribution is 5.86. The molecule has 23 heavy (non-hydrogen) atoms. The summed E-state index contributed by atoms with van der Waals surface area (Å²) in [5.41, 5.74) is 3.78. The number of aromatic amines is 1. The average molecular weight is 312 g/mol. The second-order valence-corrected chi connectivity index (χ2v) is 6.92. The standard InChI is InChI=1S/C19H24N2O2/c1-2-12(11-22)13-5-7-21-8-6-15-16-10-14(23)3-4-17(16)20-19(15)18(21)9-13/h2-4,10,12-13,18,20,22-23H,1,5-9,11H2. The summed E-state index contributed by atoms with van der Waals surface area (Å²) in [6.07, 6.45) is 5.13. The molecule has 0 saturated carbocycles. The van der Waals surface area contributed by atoms with Gasteiger partial charge in [0.1, 0.15) is 5.75 Å². The van der Waals surface area contributed by atoms with Crippen LogP contribution in [-0.2, 0) is 6.42 Å². The van der Waals surface area contributed by atoms with Gasteiger partial charge in [-0.25, -0.2) is 0 Å². The number of benzene rings is 1. The third kappa shape index (κ3) is 2.37. The summed E-state index contributed by atoms with van der Waals surface area (Å²) in [7, 11) is 0. The number of phenols is 1. The first-order valence-electron chi connectivity index (χ1n) is 8.52. The molecule has 0 spiro atoms. The normalized spacial score (nSPS) is 25.8. The molecule has 0 amide bonds. The molecular formula is C19H24N2O2. The Kier molecular flexibility index (Phi) is 3.66. The minimum absolute atomic E-state index is 0.189. The van der Waals surface area contributed by atoms with Crippen LogP contribution in [0.4, 0.5) is 0 Å². The number of rotatable bonds is 3. The van der Waals surface area contributed by atoms with Crippen molar-refractivity contribution in [1.82, 2.24) is 9.88 Å². The monoisotopic (exact) mass is 312 g/mol. The Hall–Kier alpha value is -1.78. The van der Waals surface area contributed by atoms with E-state index in [1.54, 1.807) is 6.07 Å². The van der Waals surface area contributed by atoms with E-state index in [1.165, 1.54) is 11.3 Å².